The molecule has 3 rings (SSSR count). The second kappa shape index (κ2) is 10.3. The van der Waals surface area contributed by atoms with Gasteiger partial charge in [0.05, 0.1) is 13.2 Å². The number of benzene rings is 1. The van der Waals surface area contributed by atoms with Crippen molar-refractivity contribution in [2.24, 2.45) is 10.9 Å². The SMILES string of the molecule is CN=C(NCCCOCC1CCOC1)NCCc1c[nH]c2cc(C)ccc12. The van der Waals surface area contributed by atoms with Gasteiger partial charge >= 0.3 is 0 Å². The van der Waals surface area contributed by atoms with Crippen LogP contribution in [0.1, 0.15) is 24.0 Å². The van der Waals surface area contributed by atoms with E-state index in [2.05, 4.69) is 51.9 Å². The van der Waals surface area contributed by atoms with E-state index in [0.29, 0.717) is 5.92 Å². The third-order valence-electron chi connectivity index (χ3n) is 4.97. The van der Waals surface area contributed by atoms with Gasteiger partial charge in [0, 0.05) is 56.4 Å². The highest BCUT2D eigenvalue weighted by atomic mass is 16.5. The van der Waals surface area contributed by atoms with Crippen LogP contribution in [0.5, 0.6) is 0 Å². The number of nitrogens with zero attached hydrogens (tertiary/aromatic N) is 1. The summed E-state index contributed by atoms with van der Waals surface area (Å²) in [6.45, 7) is 7.14. The Bertz CT molecular complexity index is 735. The molecule has 1 saturated heterocycles. The number of H-pyrrole nitrogens is 1. The zero-order valence-corrected chi connectivity index (χ0v) is 16.5. The maximum Gasteiger partial charge on any atom is 0.190 e. The van der Waals surface area contributed by atoms with Crippen LogP contribution in [0.25, 0.3) is 10.9 Å². The molecule has 0 amide bonds. The molecular formula is C21H32N4O2. The van der Waals surface area contributed by atoms with Crippen LogP contribution in [0.4, 0.5) is 0 Å². The van der Waals surface area contributed by atoms with Crippen molar-refractivity contribution >= 4 is 16.9 Å². The average Bonchev–Trinajstić information content (AvgIpc) is 3.32. The molecule has 1 aromatic heterocycles. The highest BCUT2D eigenvalue weighted by molar-refractivity contribution is 5.84. The summed E-state index contributed by atoms with van der Waals surface area (Å²) < 4.78 is 11.1. The Morgan fingerprint density at radius 2 is 2.22 bits per heavy atom. The maximum absolute atomic E-state index is 5.73. The normalized spacial score (nSPS) is 17.6. The minimum atomic E-state index is 0.584. The Labute approximate surface area is 161 Å². The first-order valence-corrected chi connectivity index (χ1v) is 9.93. The molecule has 148 valence electrons. The van der Waals surface area contributed by atoms with Crippen molar-refractivity contribution in [2.75, 3.05) is 46.6 Å². The van der Waals surface area contributed by atoms with Crippen molar-refractivity contribution in [2.45, 2.75) is 26.2 Å². The first-order valence-electron chi connectivity index (χ1n) is 9.93. The Kier molecular flexibility index (Phi) is 7.54. The average molecular weight is 373 g/mol. The Hall–Kier alpha value is -2.05. The maximum atomic E-state index is 5.73. The van der Waals surface area contributed by atoms with Gasteiger partial charge in [0.15, 0.2) is 5.96 Å². The number of hydrogen-bond acceptors (Lipinski definition) is 3. The number of ether oxygens (including phenoxy) is 2. The minimum Gasteiger partial charge on any atom is -0.381 e. The summed E-state index contributed by atoms with van der Waals surface area (Å²) in [5, 5.41) is 8.04. The Balaban J connectivity index is 1.30. The largest absolute Gasteiger partial charge is 0.381 e. The molecule has 6 nitrogen and oxygen atoms in total. The highest BCUT2D eigenvalue weighted by Gasteiger charge is 2.15. The molecule has 2 heterocycles. The van der Waals surface area contributed by atoms with Crippen LogP contribution in [0.15, 0.2) is 29.4 Å². The zero-order valence-electron chi connectivity index (χ0n) is 16.5. The molecule has 2 aromatic rings. The zero-order chi connectivity index (χ0) is 18.9. The van der Waals surface area contributed by atoms with Gasteiger partial charge in [-0.2, -0.15) is 0 Å². The second-order valence-electron chi connectivity index (χ2n) is 7.20. The standard InChI is InChI=1S/C21H32N4O2/c1-16-4-5-19-18(13-25-20(19)12-16)6-9-24-21(22-2)23-8-3-10-26-14-17-7-11-27-15-17/h4-5,12-13,17,25H,3,6-11,14-15H2,1-2H3,(H2,22,23,24). The summed E-state index contributed by atoms with van der Waals surface area (Å²) in [7, 11) is 1.81. The predicted molar refractivity (Wildman–Crippen MR) is 110 cm³/mol. The van der Waals surface area contributed by atoms with Crippen LogP contribution in [-0.2, 0) is 15.9 Å². The van der Waals surface area contributed by atoms with Crippen LogP contribution < -0.4 is 10.6 Å². The molecule has 0 radical (unpaired) electrons. The summed E-state index contributed by atoms with van der Waals surface area (Å²) in [6, 6.07) is 6.55. The number of rotatable bonds is 9. The first kappa shape index (κ1) is 19.7. The van der Waals surface area contributed by atoms with Crippen molar-refractivity contribution in [3.8, 4) is 0 Å². The van der Waals surface area contributed by atoms with Crippen molar-refractivity contribution in [1.29, 1.82) is 0 Å². The molecular weight excluding hydrogens is 340 g/mol. The molecule has 27 heavy (non-hydrogen) atoms. The van der Waals surface area contributed by atoms with Crippen LogP contribution >= 0.6 is 0 Å². The van der Waals surface area contributed by atoms with E-state index in [9.17, 15) is 0 Å². The minimum absolute atomic E-state index is 0.584. The fourth-order valence-electron chi connectivity index (χ4n) is 3.39. The van der Waals surface area contributed by atoms with Gasteiger partial charge in [-0.05, 0) is 43.4 Å². The molecule has 1 aromatic carbocycles. The Morgan fingerprint density at radius 1 is 1.33 bits per heavy atom. The van der Waals surface area contributed by atoms with E-state index in [4.69, 9.17) is 9.47 Å². The van der Waals surface area contributed by atoms with Crippen LogP contribution in [0, 0.1) is 12.8 Å². The van der Waals surface area contributed by atoms with E-state index in [1.54, 1.807) is 7.05 Å². The molecule has 0 aliphatic carbocycles. The van der Waals surface area contributed by atoms with Crippen LogP contribution in [-0.4, -0.2) is 57.5 Å². The van der Waals surface area contributed by atoms with Gasteiger partial charge < -0.3 is 25.1 Å². The van der Waals surface area contributed by atoms with Gasteiger partial charge in [0.2, 0.25) is 0 Å². The molecule has 3 N–H and O–H groups in total. The second-order valence-corrected chi connectivity index (χ2v) is 7.20. The van der Waals surface area contributed by atoms with Gasteiger partial charge in [-0.25, -0.2) is 0 Å². The van der Waals surface area contributed by atoms with E-state index in [0.717, 1.165) is 64.7 Å². The van der Waals surface area contributed by atoms with Crippen molar-refractivity contribution < 1.29 is 9.47 Å². The van der Waals surface area contributed by atoms with E-state index in [1.165, 1.54) is 22.0 Å². The molecule has 1 aliphatic rings. The molecule has 1 atom stereocenters. The highest BCUT2D eigenvalue weighted by Crippen LogP contribution is 2.19. The van der Waals surface area contributed by atoms with Crippen molar-refractivity contribution in [3.63, 3.8) is 0 Å². The lowest BCUT2D eigenvalue weighted by Gasteiger charge is -2.12. The summed E-state index contributed by atoms with van der Waals surface area (Å²) in [5.74, 6) is 1.43. The monoisotopic (exact) mass is 372 g/mol. The fourth-order valence-corrected chi connectivity index (χ4v) is 3.39. The lowest BCUT2D eigenvalue weighted by atomic mass is 10.1. The Morgan fingerprint density at radius 3 is 3.04 bits per heavy atom. The van der Waals surface area contributed by atoms with Crippen LogP contribution in [0.3, 0.4) is 0 Å². The summed E-state index contributed by atoms with van der Waals surface area (Å²) in [6.07, 6.45) is 5.16. The number of aromatic nitrogens is 1. The quantitative estimate of drug-likeness (QED) is 0.359. The van der Waals surface area contributed by atoms with E-state index >= 15 is 0 Å². The first-order chi connectivity index (χ1) is 13.3. The number of guanidine groups is 1. The topological polar surface area (TPSA) is 70.7 Å². The summed E-state index contributed by atoms with van der Waals surface area (Å²) in [5.41, 5.74) is 3.81. The number of hydrogen-bond donors (Lipinski definition) is 3. The van der Waals surface area contributed by atoms with Gasteiger partial charge in [0.25, 0.3) is 0 Å². The number of aromatic amines is 1. The third kappa shape index (κ3) is 5.97. The molecule has 1 fully saturated rings. The molecule has 1 unspecified atom stereocenters. The van der Waals surface area contributed by atoms with Gasteiger partial charge in [-0.15, -0.1) is 0 Å². The van der Waals surface area contributed by atoms with Gasteiger partial charge in [0.1, 0.15) is 0 Å². The molecule has 0 spiro atoms. The number of aryl methyl sites for hydroxylation is 1. The predicted octanol–water partition coefficient (Wildman–Crippen LogP) is 2.63. The van der Waals surface area contributed by atoms with E-state index in [-0.39, 0.29) is 0 Å². The lowest BCUT2D eigenvalue weighted by Crippen LogP contribution is -2.39. The van der Waals surface area contributed by atoms with Crippen molar-refractivity contribution in [3.05, 3.63) is 35.5 Å². The molecule has 0 saturated carbocycles. The van der Waals surface area contributed by atoms with Gasteiger partial charge in [-0.3, -0.25) is 4.99 Å². The molecule has 1 aliphatic heterocycles. The summed E-state index contributed by atoms with van der Waals surface area (Å²) >= 11 is 0. The number of aliphatic imine (C=N–C) groups is 1. The summed E-state index contributed by atoms with van der Waals surface area (Å²) in [4.78, 5) is 7.65. The smallest absolute Gasteiger partial charge is 0.190 e. The van der Waals surface area contributed by atoms with E-state index in [1.807, 2.05) is 0 Å². The molecule has 0 bridgehead atoms. The fraction of sp³-hybridized carbons (Fsp3) is 0.571. The number of fused-ring (bicyclic) bond motifs is 1. The molecule has 6 heteroatoms. The number of nitrogens with one attached hydrogen (secondary N) is 3. The lowest BCUT2D eigenvalue weighted by molar-refractivity contribution is 0.0888. The van der Waals surface area contributed by atoms with E-state index < -0.39 is 0 Å². The van der Waals surface area contributed by atoms with Crippen LogP contribution in [0.2, 0.25) is 0 Å². The van der Waals surface area contributed by atoms with Crippen molar-refractivity contribution in [1.82, 2.24) is 15.6 Å². The third-order valence-corrected chi connectivity index (χ3v) is 4.97. The van der Waals surface area contributed by atoms with Gasteiger partial charge in [-0.1, -0.05) is 12.1 Å².